The fourth-order valence-corrected chi connectivity index (χ4v) is 2.08. The second kappa shape index (κ2) is 6.54. The number of halogens is 2. The smallest absolute Gasteiger partial charge is 0.270 e. The maximum atomic E-state index is 13.2. The molecule has 0 fully saturated rings. The van der Waals surface area contributed by atoms with Crippen molar-refractivity contribution in [2.45, 2.75) is 19.4 Å². The molecular formula is C15H13ClFNO3. The molecule has 2 aromatic rings. The first-order valence-corrected chi connectivity index (χ1v) is 6.76. The van der Waals surface area contributed by atoms with Crippen LogP contribution >= 0.6 is 11.6 Å². The highest BCUT2D eigenvalue weighted by atomic mass is 35.5. The fraction of sp³-hybridized carbons (Fsp3) is 0.200. The number of hydrogen-bond donors (Lipinski definition) is 0. The molecule has 4 nitrogen and oxygen atoms in total. The number of nitrogens with zero attached hydrogens (tertiary/aromatic N) is 1. The molecule has 0 amide bonds. The first kappa shape index (κ1) is 15.3. The number of alkyl halides is 1. The van der Waals surface area contributed by atoms with Crippen LogP contribution in [0.1, 0.15) is 16.7 Å². The molecule has 0 saturated carbocycles. The Kier molecular flexibility index (Phi) is 4.75. The maximum absolute atomic E-state index is 13.2. The lowest BCUT2D eigenvalue weighted by molar-refractivity contribution is -0.384. The SMILES string of the molecule is Cc1ccc(F)cc1COc1ccc([N+](=O)[O-])cc1CCl. The summed E-state index contributed by atoms with van der Waals surface area (Å²) >= 11 is 5.78. The van der Waals surface area contributed by atoms with E-state index >= 15 is 0 Å². The van der Waals surface area contributed by atoms with Crippen LogP contribution in [-0.4, -0.2) is 4.92 Å². The minimum atomic E-state index is -0.490. The Hall–Kier alpha value is -2.14. The summed E-state index contributed by atoms with van der Waals surface area (Å²) in [6.07, 6.45) is 0. The van der Waals surface area contributed by atoms with Crippen molar-refractivity contribution in [2.75, 3.05) is 0 Å². The molecule has 2 aromatic carbocycles. The molecule has 110 valence electrons. The summed E-state index contributed by atoms with van der Waals surface area (Å²) in [5.74, 6) is 0.221. The third kappa shape index (κ3) is 3.70. The maximum Gasteiger partial charge on any atom is 0.270 e. The van der Waals surface area contributed by atoms with Crippen LogP contribution in [0.15, 0.2) is 36.4 Å². The predicted molar refractivity (Wildman–Crippen MR) is 78.1 cm³/mol. The molecule has 6 heteroatoms. The van der Waals surface area contributed by atoms with Gasteiger partial charge in [0.1, 0.15) is 18.2 Å². The van der Waals surface area contributed by atoms with Crippen LogP contribution in [0.3, 0.4) is 0 Å². The van der Waals surface area contributed by atoms with E-state index in [9.17, 15) is 14.5 Å². The highest BCUT2D eigenvalue weighted by Gasteiger charge is 2.11. The molecule has 0 aromatic heterocycles. The average Bonchev–Trinajstić information content (AvgIpc) is 2.47. The summed E-state index contributed by atoms with van der Waals surface area (Å²) in [6, 6.07) is 8.69. The van der Waals surface area contributed by atoms with Crippen molar-refractivity contribution in [1.82, 2.24) is 0 Å². The van der Waals surface area contributed by atoms with Crippen molar-refractivity contribution < 1.29 is 14.1 Å². The summed E-state index contributed by atoms with van der Waals surface area (Å²) in [7, 11) is 0. The summed E-state index contributed by atoms with van der Waals surface area (Å²) in [6.45, 7) is 2.03. The van der Waals surface area contributed by atoms with Crippen molar-refractivity contribution in [2.24, 2.45) is 0 Å². The molecule has 0 aliphatic rings. The van der Waals surface area contributed by atoms with Gasteiger partial charge in [-0.05, 0) is 36.2 Å². The van der Waals surface area contributed by atoms with Gasteiger partial charge in [-0.1, -0.05) is 6.07 Å². The molecule has 0 unspecified atom stereocenters. The lowest BCUT2D eigenvalue weighted by Gasteiger charge is -2.11. The molecule has 0 aliphatic carbocycles. The van der Waals surface area contributed by atoms with Gasteiger partial charge < -0.3 is 4.74 Å². The molecule has 0 aliphatic heterocycles. The zero-order valence-electron chi connectivity index (χ0n) is 11.3. The Labute approximate surface area is 126 Å². The third-order valence-corrected chi connectivity index (χ3v) is 3.38. The second-order valence-corrected chi connectivity index (χ2v) is 4.81. The van der Waals surface area contributed by atoms with E-state index in [2.05, 4.69) is 0 Å². The van der Waals surface area contributed by atoms with Gasteiger partial charge in [0.2, 0.25) is 0 Å². The highest BCUT2D eigenvalue weighted by molar-refractivity contribution is 6.17. The van der Waals surface area contributed by atoms with E-state index in [1.807, 2.05) is 6.92 Å². The Morgan fingerprint density at radius 1 is 1.24 bits per heavy atom. The number of aryl methyl sites for hydroxylation is 1. The van der Waals surface area contributed by atoms with E-state index in [-0.39, 0.29) is 24.0 Å². The molecule has 21 heavy (non-hydrogen) atoms. The number of nitro groups is 1. The Balaban J connectivity index is 2.19. The topological polar surface area (TPSA) is 52.4 Å². The fourth-order valence-electron chi connectivity index (χ4n) is 1.88. The Bertz CT molecular complexity index is 676. The van der Waals surface area contributed by atoms with Gasteiger partial charge >= 0.3 is 0 Å². The van der Waals surface area contributed by atoms with Crippen molar-refractivity contribution >= 4 is 17.3 Å². The summed E-state index contributed by atoms with van der Waals surface area (Å²) in [4.78, 5) is 10.2. The molecular weight excluding hydrogens is 297 g/mol. The first-order chi connectivity index (χ1) is 10.0. The normalized spacial score (nSPS) is 10.4. The standard InChI is InChI=1S/C15H13ClFNO3/c1-10-2-3-13(17)6-12(10)9-21-15-5-4-14(18(19)20)7-11(15)8-16/h2-7H,8-9H2,1H3. The van der Waals surface area contributed by atoms with Gasteiger partial charge in [0.25, 0.3) is 5.69 Å². The van der Waals surface area contributed by atoms with E-state index in [0.717, 1.165) is 5.56 Å². The van der Waals surface area contributed by atoms with Crippen molar-refractivity contribution in [3.8, 4) is 5.75 Å². The van der Waals surface area contributed by atoms with Gasteiger partial charge in [0.15, 0.2) is 0 Å². The molecule has 0 bridgehead atoms. The van der Waals surface area contributed by atoms with Crippen LogP contribution in [0.5, 0.6) is 5.75 Å². The molecule has 2 rings (SSSR count). The van der Waals surface area contributed by atoms with Gasteiger partial charge in [-0.25, -0.2) is 4.39 Å². The summed E-state index contributed by atoms with van der Waals surface area (Å²) < 4.78 is 18.8. The van der Waals surface area contributed by atoms with Crippen LogP contribution in [0, 0.1) is 22.9 Å². The van der Waals surface area contributed by atoms with E-state index in [1.54, 1.807) is 6.07 Å². The first-order valence-electron chi connectivity index (χ1n) is 6.22. The monoisotopic (exact) mass is 309 g/mol. The molecule has 0 atom stereocenters. The largest absolute Gasteiger partial charge is 0.489 e. The van der Waals surface area contributed by atoms with E-state index in [4.69, 9.17) is 16.3 Å². The minimum Gasteiger partial charge on any atom is -0.489 e. The van der Waals surface area contributed by atoms with Gasteiger partial charge in [-0.3, -0.25) is 10.1 Å². The molecule has 0 N–H and O–H groups in total. The van der Waals surface area contributed by atoms with Crippen LogP contribution in [0.25, 0.3) is 0 Å². The molecule has 0 saturated heterocycles. The quantitative estimate of drug-likeness (QED) is 0.468. The van der Waals surface area contributed by atoms with Crippen molar-refractivity contribution in [3.63, 3.8) is 0 Å². The summed E-state index contributed by atoms with van der Waals surface area (Å²) in [5, 5.41) is 10.7. The zero-order valence-corrected chi connectivity index (χ0v) is 12.1. The molecule has 0 heterocycles. The zero-order chi connectivity index (χ0) is 15.4. The van der Waals surface area contributed by atoms with Crippen LogP contribution in [-0.2, 0) is 12.5 Å². The Morgan fingerprint density at radius 2 is 2.00 bits per heavy atom. The van der Waals surface area contributed by atoms with Crippen LogP contribution < -0.4 is 4.74 Å². The van der Waals surface area contributed by atoms with Gasteiger partial charge in [0.05, 0.1) is 10.8 Å². The molecule has 0 spiro atoms. The third-order valence-electron chi connectivity index (χ3n) is 3.09. The van der Waals surface area contributed by atoms with Crippen LogP contribution in [0.4, 0.5) is 10.1 Å². The Morgan fingerprint density at radius 3 is 2.67 bits per heavy atom. The van der Waals surface area contributed by atoms with Gasteiger partial charge in [-0.15, -0.1) is 11.6 Å². The number of nitro benzene ring substituents is 1. The molecule has 0 radical (unpaired) electrons. The number of non-ortho nitro benzene ring substituents is 1. The van der Waals surface area contributed by atoms with Gasteiger partial charge in [-0.2, -0.15) is 0 Å². The summed E-state index contributed by atoms with van der Waals surface area (Å²) in [5.41, 5.74) is 2.11. The van der Waals surface area contributed by atoms with Gasteiger partial charge in [0, 0.05) is 17.7 Å². The number of benzene rings is 2. The minimum absolute atomic E-state index is 0.0417. The van der Waals surface area contributed by atoms with Crippen LogP contribution in [0.2, 0.25) is 0 Å². The second-order valence-electron chi connectivity index (χ2n) is 4.54. The highest BCUT2D eigenvalue weighted by Crippen LogP contribution is 2.26. The van der Waals surface area contributed by atoms with Crippen molar-refractivity contribution in [3.05, 3.63) is 69.0 Å². The lowest BCUT2D eigenvalue weighted by atomic mass is 10.1. The van der Waals surface area contributed by atoms with E-state index in [0.29, 0.717) is 16.9 Å². The lowest BCUT2D eigenvalue weighted by Crippen LogP contribution is -2.01. The van der Waals surface area contributed by atoms with Crippen molar-refractivity contribution in [1.29, 1.82) is 0 Å². The number of hydrogen-bond acceptors (Lipinski definition) is 3. The predicted octanol–water partition coefficient (Wildman–Crippen LogP) is 4.36. The average molecular weight is 310 g/mol. The number of ether oxygens (including phenoxy) is 1. The number of rotatable bonds is 5. The van der Waals surface area contributed by atoms with E-state index < -0.39 is 4.92 Å². The van der Waals surface area contributed by atoms with E-state index in [1.165, 1.54) is 30.3 Å².